The predicted octanol–water partition coefficient (Wildman–Crippen LogP) is 2.05. The highest BCUT2D eigenvalue weighted by Gasteiger charge is 2.47. The summed E-state index contributed by atoms with van der Waals surface area (Å²) in [6.45, 7) is 4.11. The van der Waals surface area contributed by atoms with E-state index in [1.165, 1.54) is 23.9 Å². The first-order valence-corrected chi connectivity index (χ1v) is 8.35. The van der Waals surface area contributed by atoms with Crippen LogP contribution >= 0.6 is 11.8 Å². The van der Waals surface area contributed by atoms with Crippen LogP contribution < -0.4 is 4.74 Å². The second-order valence-electron chi connectivity index (χ2n) is 6.11. The van der Waals surface area contributed by atoms with E-state index in [0.29, 0.717) is 23.0 Å². The maximum atomic E-state index is 11.1. The van der Waals surface area contributed by atoms with E-state index < -0.39 is 22.7 Å². The molecule has 0 aromatic heterocycles. The lowest BCUT2D eigenvalue weighted by Crippen LogP contribution is -2.53. The zero-order valence-electron chi connectivity index (χ0n) is 13.2. The van der Waals surface area contributed by atoms with E-state index in [-0.39, 0.29) is 5.69 Å². The average Bonchev–Trinajstić information content (AvgIpc) is 2.96. The highest BCUT2D eigenvalue weighted by molar-refractivity contribution is 8.14. The van der Waals surface area contributed by atoms with Crippen LogP contribution in [-0.2, 0) is 0 Å². The number of nitro groups is 1. The molecule has 1 N–H and O–H groups in total. The summed E-state index contributed by atoms with van der Waals surface area (Å²) in [5.74, 6) is 1.23. The Kier molecular flexibility index (Phi) is 4.11. The van der Waals surface area contributed by atoms with Crippen molar-refractivity contribution in [3.63, 3.8) is 0 Å². The molecule has 0 radical (unpaired) electrons. The van der Waals surface area contributed by atoms with Gasteiger partial charge in [-0.2, -0.15) is 5.26 Å². The third kappa shape index (κ3) is 2.68. The lowest BCUT2D eigenvalue weighted by atomic mass is 9.85. The number of rotatable bonds is 2. The number of nitriles is 1. The number of thioether (sulfide) groups is 1. The van der Waals surface area contributed by atoms with Gasteiger partial charge in [0, 0.05) is 30.0 Å². The monoisotopic (exact) mass is 348 g/mol. The van der Waals surface area contributed by atoms with Crippen LogP contribution in [0.25, 0.3) is 0 Å². The van der Waals surface area contributed by atoms with Crippen molar-refractivity contribution in [3.8, 4) is 11.9 Å². The van der Waals surface area contributed by atoms with Gasteiger partial charge in [0.15, 0.2) is 5.17 Å². The highest BCUT2D eigenvalue weighted by atomic mass is 32.2. The first-order valence-electron chi connectivity index (χ1n) is 7.37. The number of hydrogen-bond acceptors (Lipinski definition) is 7. The SMILES string of the molecule is CC1(C)Oc2ccc([N+](=O)[O-])cc2C(N2CCS/C2=N\C#N)C1O. The van der Waals surface area contributed by atoms with Gasteiger partial charge in [-0.05, 0) is 19.9 Å². The minimum absolute atomic E-state index is 0.0696. The Balaban J connectivity index is 2.13. The van der Waals surface area contributed by atoms with Crippen molar-refractivity contribution < 1.29 is 14.8 Å². The summed E-state index contributed by atoms with van der Waals surface area (Å²) in [6.07, 6.45) is 0.837. The molecule has 0 bridgehead atoms. The zero-order chi connectivity index (χ0) is 17.5. The maximum Gasteiger partial charge on any atom is 0.270 e. The van der Waals surface area contributed by atoms with E-state index in [9.17, 15) is 15.2 Å². The van der Waals surface area contributed by atoms with Crippen molar-refractivity contribution in [1.82, 2.24) is 4.90 Å². The van der Waals surface area contributed by atoms with Gasteiger partial charge in [-0.25, -0.2) is 0 Å². The van der Waals surface area contributed by atoms with Gasteiger partial charge < -0.3 is 14.7 Å². The van der Waals surface area contributed by atoms with Gasteiger partial charge in [0.2, 0.25) is 6.19 Å². The largest absolute Gasteiger partial charge is 0.485 e. The molecule has 2 heterocycles. The van der Waals surface area contributed by atoms with Gasteiger partial charge in [0.25, 0.3) is 5.69 Å². The molecule has 24 heavy (non-hydrogen) atoms. The summed E-state index contributed by atoms with van der Waals surface area (Å²) in [6, 6.07) is 3.79. The number of aliphatic imine (C=N–C) groups is 1. The lowest BCUT2D eigenvalue weighted by Gasteiger charge is -2.45. The second kappa shape index (κ2) is 5.96. The molecule has 1 aromatic rings. The van der Waals surface area contributed by atoms with E-state index >= 15 is 0 Å². The molecule has 1 aromatic carbocycles. The second-order valence-corrected chi connectivity index (χ2v) is 7.17. The summed E-state index contributed by atoms with van der Waals surface area (Å²) in [7, 11) is 0. The van der Waals surface area contributed by atoms with Gasteiger partial charge in [0.05, 0.1) is 11.0 Å². The molecule has 3 rings (SSSR count). The summed E-state index contributed by atoms with van der Waals surface area (Å²) in [4.78, 5) is 16.3. The smallest absolute Gasteiger partial charge is 0.270 e. The quantitative estimate of drug-likeness (QED) is 0.494. The molecule has 126 valence electrons. The summed E-state index contributed by atoms with van der Waals surface area (Å²) in [5.41, 5.74) is -0.414. The number of ether oxygens (including phenoxy) is 1. The van der Waals surface area contributed by atoms with E-state index in [1.54, 1.807) is 26.1 Å². The molecular formula is C15H16N4O4S. The molecule has 0 aliphatic carbocycles. The molecule has 2 aliphatic rings. The Morgan fingerprint density at radius 2 is 2.33 bits per heavy atom. The van der Waals surface area contributed by atoms with E-state index in [0.717, 1.165) is 5.75 Å². The normalized spacial score (nSPS) is 26.6. The van der Waals surface area contributed by atoms with Crippen molar-refractivity contribution in [2.45, 2.75) is 31.6 Å². The standard InChI is InChI=1S/C15H16N4O4S/c1-15(2)13(20)12(18-5-6-24-14(18)17-8-16)10-7-9(19(21)22)3-4-11(10)23-15/h3-4,7,12-13,20H,5-6H2,1-2H3/b17-14-. The Bertz CT molecular complexity index is 758. The van der Waals surface area contributed by atoms with Gasteiger partial charge in [0.1, 0.15) is 17.5 Å². The van der Waals surface area contributed by atoms with Crippen LogP contribution in [0.1, 0.15) is 25.5 Å². The molecule has 2 atom stereocenters. The predicted molar refractivity (Wildman–Crippen MR) is 88.8 cm³/mol. The highest BCUT2D eigenvalue weighted by Crippen LogP contribution is 2.45. The van der Waals surface area contributed by atoms with Crippen molar-refractivity contribution in [1.29, 1.82) is 5.26 Å². The summed E-state index contributed by atoms with van der Waals surface area (Å²) in [5, 5.41) is 31.3. The number of nitro benzene ring substituents is 1. The number of aliphatic hydroxyl groups excluding tert-OH is 1. The van der Waals surface area contributed by atoms with Gasteiger partial charge in [-0.3, -0.25) is 10.1 Å². The van der Waals surface area contributed by atoms with Crippen molar-refractivity contribution in [2.75, 3.05) is 12.3 Å². The number of benzene rings is 1. The molecule has 0 amide bonds. The fourth-order valence-corrected chi connectivity index (χ4v) is 3.96. The minimum Gasteiger partial charge on any atom is -0.485 e. The lowest BCUT2D eigenvalue weighted by molar-refractivity contribution is -0.385. The molecular weight excluding hydrogens is 332 g/mol. The number of amidine groups is 1. The van der Waals surface area contributed by atoms with Gasteiger partial charge >= 0.3 is 0 Å². The van der Waals surface area contributed by atoms with E-state index in [4.69, 9.17) is 10.00 Å². The minimum atomic E-state index is -0.936. The zero-order valence-corrected chi connectivity index (χ0v) is 14.0. The molecule has 2 unspecified atom stereocenters. The third-order valence-corrected chi connectivity index (χ3v) is 5.17. The number of non-ortho nitro benzene ring substituents is 1. The summed E-state index contributed by atoms with van der Waals surface area (Å²) < 4.78 is 5.84. The Morgan fingerprint density at radius 3 is 3.00 bits per heavy atom. The molecule has 2 aliphatic heterocycles. The van der Waals surface area contributed by atoms with Crippen LogP contribution in [0.3, 0.4) is 0 Å². The molecule has 9 heteroatoms. The summed E-state index contributed by atoms with van der Waals surface area (Å²) >= 11 is 1.42. The molecule has 8 nitrogen and oxygen atoms in total. The fraction of sp³-hybridized carbons (Fsp3) is 0.467. The van der Waals surface area contributed by atoms with Gasteiger partial charge in [-0.15, -0.1) is 4.99 Å². The van der Waals surface area contributed by atoms with Crippen LogP contribution in [0, 0.1) is 21.6 Å². The number of aliphatic hydroxyl groups is 1. The first-order chi connectivity index (χ1) is 11.3. The fourth-order valence-electron chi connectivity index (χ4n) is 3.02. The number of nitrogens with zero attached hydrogens (tertiary/aromatic N) is 4. The maximum absolute atomic E-state index is 11.1. The molecule has 1 saturated heterocycles. The number of fused-ring (bicyclic) bond motifs is 1. The van der Waals surface area contributed by atoms with E-state index in [1.807, 2.05) is 4.90 Å². The molecule has 1 fully saturated rings. The van der Waals surface area contributed by atoms with Crippen LogP contribution in [0.2, 0.25) is 0 Å². The number of hydrogen-bond donors (Lipinski definition) is 1. The topological polar surface area (TPSA) is 112 Å². The van der Waals surface area contributed by atoms with Crippen LogP contribution in [0.4, 0.5) is 5.69 Å². The van der Waals surface area contributed by atoms with Crippen LogP contribution in [0.5, 0.6) is 5.75 Å². The molecule has 0 spiro atoms. The van der Waals surface area contributed by atoms with Crippen LogP contribution in [0.15, 0.2) is 23.2 Å². The Morgan fingerprint density at radius 1 is 1.58 bits per heavy atom. The van der Waals surface area contributed by atoms with Gasteiger partial charge in [-0.1, -0.05) is 11.8 Å². The first kappa shape index (κ1) is 16.5. The van der Waals surface area contributed by atoms with Crippen molar-refractivity contribution in [2.24, 2.45) is 4.99 Å². The van der Waals surface area contributed by atoms with Crippen molar-refractivity contribution >= 4 is 22.6 Å². The Hall–Kier alpha value is -2.31. The Labute approximate surface area is 142 Å². The third-order valence-electron chi connectivity index (χ3n) is 4.20. The average molecular weight is 348 g/mol. The van der Waals surface area contributed by atoms with Crippen LogP contribution in [-0.4, -0.2) is 44.1 Å². The molecule has 0 saturated carbocycles. The van der Waals surface area contributed by atoms with E-state index in [2.05, 4.69) is 4.99 Å². The van der Waals surface area contributed by atoms with Crippen molar-refractivity contribution in [3.05, 3.63) is 33.9 Å².